The summed E-state index contributed by atoms with van der Waals surface area (Å²) in [7, 11) is -9.56. The van der Waals surface area contributed by atoms with Gasteiger partial charge < -0.3 is 5.73 Å². The molecule has 0 aliphatic rings. The lowest BCUT2D eigenvalue weighted by Gasteiger charge is -2.07. The quantitative estimate of drug-likeness (QED) is 0.0222. The number of nitrogens with zero attached hydrogens (tertiary/aromatic N) is 5. The fourth-order valence-electron chi connectivity index (χ4n) is 4.74. The van der Waals surface area contributed by atoms with E-state index in [9.17, 15) is 25.9 Å². The summed E-state index contributed by atoms with van der Waals surface area (Å²) in [6.45, 7) is 0. The Labute approximate surface area is 276 Å². The first kappa shape index (κ1) is 32.9. The molecule has 0 saturated heterocycles. The molecule has 0 radical (unpaired) electrons. The maximum atomic E-state index is 12.5. The summed E-state index contributed by atoms with van der Waals surface area (Å²) >= 11 is 0.750. The van der Waals surface area contributed by atoms with Crippen LogP contribution in [-0.4, -0.2) is 46.2 Å². The summed E-state index contributed by atoms with van der Waals surface area (Å²) in [6.07, 6.45) is 2.53. The van der Waals surface area contributed by atoms with Gasteiger partial charge in [0.25, 0.3) is 20.2 Å². The van der Waals surface area contributed by atoms with Crippen molar-refractivity contribution in [3.63, 3.8) is 0 Å². The van der Waals surface area contributed by atoms with E-state index in [4.69, 9.17) is 11.0 Å². The molecule has 15 nitrogen and oxygen atoms in total. The number of nitrogens with two attached hydrogens (primary N) is 1. The van der Waals surface area contributed by atoms with Crippen LogP contribution < -0.4 is 5.73 Å². The Morgan fingerprint density at radius 2 is 1.35 bits per heavy atom. The van der Waals surface area contributed by atoms with Gasteiger partial charge in [-0.05, 0) is 65.7 Å². The molecule has 0 aliphatic carbocycles. The van der Waals surface area contributed by atoms with E-state index < -0.39 is 30.0 Å². The maximum Gasteiger partial charge on any atom is 0.295 e. The zero-order valence-electron chi connectivity index (χ0n) is 24.1. The summed E-state index contributed by atoms with van der Waals surface area (Å²) in [5, 5.41) is 30.8. The van der Waals surface area contributed by atoms with E-state index in [0.717, 1.165) is 29.6 Å². The lowest BCUT2D eigenvalue weighted by molar-refractivity contribution is -0.432. The van der Waals surface area contributed by atoms with Crippen LogP contribution in [-0.2, 0) is 29.6 Å². The average Bonchev–Trinajstić information content (AvgIpc) is 3.50. The first-order chi connectivity index (χ1) is 22.9. The van der Waals surface area contributed by atoms with E-state index in [2.05, 4.69) is 29.8 Å². The second-order valence-electron chi connectivity index (χ2n) is 10.0. The van der Waals surface area contributed by atoms with E-state index in [1.165, 1.54) is 41.2 Å². The monoisotopic (exact) mass is 706 g/mol. The molecule has 0 aliphatic heterocycles. The third kappa shape index (κ3) is 7.10. The minimum absolute atomic E-state index is 0.00310. The van der Waals surface area contributed by atoms with Crippen LogP contribution in [0.4, 0.5) is 17.1 Å². The minimum atomic E-state index is -4.81. The third-order valence-electron chi connectivity index (χ3n) is 6.91. The molecule has 5 aromatic carbocycles. The van der Waals surface area contributed by atoms with Gasteiger partial charge >= 0.3 is 0 Å². The standard InChI is InChI=1S/C30H22N6O9S3/c31-20-9-12-21(13-10-20)32-33-22-11-7-18(28(15-22)47(38,39)40)5-6-19-8-14-23(16-29(19)48(41,42)43)36-34-26-17-27(46-45-44-37)24-3-1-2-4-25(24)30(26)35-36/h1-17,37H,31H2,(H,38,39,40)(H,41,42,43). The maximum absolute atomic E-state index is 12.5. The lowest BCUT2D eigenvalue weighted by atomic mass is 10.1. The van der Waals surface area contributed by atoms with Crippen molar-refractivity contribution in [2.24, 2.45) is 10.2 Å². The smallest absolute Gasteiger partial charge is 0.295 e. The second kappa shape index (κ2) is 13.2. The van der Waals surface area contributed by atoms with Crippen molar-refractivity contribution >= 4 is 83.3 Å². The van der Waals surface area contributed by atoms with Crippen LogP contribution in [0.15, 0.2) is 116 Å². The predicted molar refractivity (Wildman–Crippen MR) is 177 cm³/mol. The predicted octanol–water partition coefficient (Wildman–Crippen LogP) is 6.66. The highest BCUT2D eigenvalue weighted by atomic mass is 32.2. The van der Waals surface area contributed by atoms with Gasteiger partial charge in [0, 0.05) is 21.4 Å². The molecular formula is C30H22N6O9S3. The van der Waals surface area contributed by atoms with E-state index in [-0.39, 0.29) is 22.5 Å². The number of aromatic nitrogens is 3. The number of anilines is 1. The van der Waals surface area contributed by atoms with E-state index in [1.54, 1.807) is 54.6 Å². The Kier molecular flexibility index (Phi) is 9.05. The number of nitrogen functional groups attached to an aromatic ring is 1. The van der Waals surface area contributed by atoms with Crippen LogP contribution in [0.25, 0.3) is 39.6 Å². The molecule has 0 spiro atoms. The second-order valence-corrected chi connectivity index (χ2v) is 13.5. The number of fused-ring (bicyclic) bond motifs is 3. The average molecular weight is 707 g/mol. The number of hydrogen-bond donors (Lipinski definition) is 4. The molecule has 0 amide bonds. The molecule has 0 saturated carbocycles. The number of rotatable bonds is 10. The molecule has 0 unspecified atom stereocenters. The van der Waals surface area contributed by atoms with E-state index in [1.807, 2.05) is 0 Å². The van der Waals surface area contributed by atoms with Gasteiger partial charge in [-0.15, -0.1) is 14.5 Å². The van der Waals surface area contributed by atoms with Crippen molar-refractivity contribution in [1.29, 1.82) is 0 Å². The first-order valence-electron chi connectivity index (χ1n) is 13.5. The van der Waals surface area contributed by atoms with Crippen LogP contribution >= 0.6 is 12.0 Å². The number of benzene rings is 5. The molecule has 1 aromatic heterocycles. The highest BCUT2D eigenvalue weighted by molar-refractivity contribution is 7.94. The Bertz CT molecular complexity index is 2470. The Hall–Kier alpha value is -5.05. The zero-order valence-corrected chi connectivity index (χ0v) is 26.6. The van der Waals surface area contributed by atoms with Crippen LogP contribution in [0.2, 0.25) is 0 Å². The molecule has 48 heavy (non-hydrogen) atoms. The highest BCUT2D eigenvalue weighted by Gasteiger charge is 2.19. The lowest BCUT2D eigenvalue weighted by Crippen LogP contribution is -2.05. The topological polar surface area (TPSA) is 229 Å². The highest BCUT2D eigenvalue weighted by Crippen LogP contribution is 2.34. The Morgan fingerprint density at radius 3 is 2.02 bits per heavy atom. The Morgan fingerprint density at radius 1 is 0.750 bits per heavy atom. The normalized spacial score (nSPS) is 12.6. The molecule has 6 rings (SSSR count). The SMILES string of the molecule is Nc1ccc(N=Nc2ccc(C=Cc3ccc(-n4nc5cc(SOOO)c6ccccc6c5n4)cc3S(=O)(=O)O)c(S(=O)(=O)O)c2)cc1. The zero-order chi connectivity index (χ0) is 34.1. The van der Waals surface area contributed by atoms with Crippen LogP contribution in [0, 0.1) is 0 Å². The molecule has 18 heteroatoms. The van der Waals surface area contributed by atoms with Crippen molar-refractivity contribution in [2.45, 2.75) is 14.7 Å². The summed E-state index contributed by atoms with van der Waals surface area (Å²) < 4.78 is 74.1. The summed E-state index contributed by atoms with van der Waals surface area (Å²) in [5.41, 5.74) is 7.84. The summed E-state index contributed by atoms with van der Waals surface area (Å²) in [6, 6.07) is 23.3. The molecule has 1 heterocycles. The number of hydrogen-bond acceptors (Lipinski definition) is 13. The largest absolute Gasteiger partial charge is 0.399 e. The van der Waals surface area contributed by atoms with Gasteiger partial charge in [0.2, 0.25) is 0 Å². The van der Waals surface area contributed by atoms with Gasteiger partial charge in [0.1, 0.15) is 20.8 Å². The summed E-state index contributed by atoms with van der Waals surface area (Å²) in [5.74, 6) is 0. The van der Waals surface area contributed by atoms with Gasteiger partial charge in [0.15, 0.2) is 0 Å². The number of azo groups is 1. The van der Waals surface area contributed by atoms with Gasteiger partial charge in [0.05, 0.1) is 29.1 Å². The fourth-order valence-corrected chi connectivity index (χ4v) is 6.68. The molecule has 6 aromatic rings. The minimum Gasteiger partial charge on any atom is -0.399 e. The van der Waals surface area contributed by atoms with E-state index in [0.29, 0.717) is 32.7 Å². The van der Waals surface area contributed by atoms with E-state index >= 15 is 0 Å². The molecule has 0 bridgehead atoms. The van der Waals surface area contributed by atoms with Crippen molar-refractivity contribution in [2.75, 3.05) is 5.73 Å². The van der Waals surface area contributed by atoms with Crippen molar-refractivity contribution in [3.05, 3.63) is 102 Å². The van der Waals surface area contributed by atoms with Crippen molar-refractivity contribution in [3.8, 4) is 5.69 Å². The van der Waals surface area contributed by atoms with Crippen LogP contribution in [0.3, 0.4) is 0 Å². The van der Waals surface area contributed by atoms with Crippen molar-refractivity contribution in [1.82, 2.24) is 15.0 Å². The van der Waals surface area contributed by atoms with Crippen LogP contribution in [0.1, 0.15) is 11.1 Å². The Balaban J connectivity index is 1.37. The van der Waals surface area contributed by atoms with Gasteiger partial charge in [-0.1, -0.05) is 53.6 Å². The molecule has 5 N–H and O–H groups in total. The van der Waals surface area contributed by atoms with Crippen molar-refractivity contribution < 1.29 is 40.6 Å². The third-order valence-corrected chi connectivity index (χ3v) is 9.37. The van der Waals surface area contributed by atoms with Gasteiger partial charge in [-0.3, -0.25) is 9.11 Å². The molecular weight excluding hydrogens is 685 g/mol. The van der Waals surface area contributed by atoms with Crippen LogP contribution in [0.5, 0.6) is 0 Å². The fraction of sp³-hybridized carbons (Fsp3) is 0. The molecule has 0 fully saturated rings. The molecule has 0 atom stereocenters. The first-order valence-corrected chi connectivity index (χ1v) is 17.2. The van der Waals surface area contributed by atoms with Gasteiger partial charge in [-0.25, -0.2) is 5.26 Å². The van der Waals surface area contributed by atoms with Gasteiger partial charge in [-0.2, -0.15) is 31.9 Å². The molecule has 244 valence electrons. The summed E-state index contributed by atoms with van der Waals surface area (Å²) in [4.78, 5) is 0.714.